The predicted octanol–water partition coefficient (Wildman–Crippen LogP) is 3.22. The molecule has 0 aliphatic heterocycles. The number of carboxylic acids is 1. The Bertz CT molecular complexity index is 578. The van der Waals surface area contributed by atoms with Crippen LogP contribution in [-0.2, 0) is 14.9 Å². The molecule has 0 aliphatic rings. The lowest BCUT2D eigenvalue weighted by Gasteiger charge is -2.29. The lowest BCUT2D eigenvalue weighted by Crippen LogP contribution is -2.47. The number of hydrogen-bond acceptors (Lipinski definition) is 3. The summed E-state index contributed by atoms with van der Waals surface area (Å²) >= 11 is 0. The van der Waals surface area contributed by atoms with Gasteiger partial charge in [-0.15, -0.1) is 0 Å². The van der Waals surface area contributed by atoms with Gasteiger partial charge in [-0.1, -0.05) is 6.92 Å². The van der Waals surface area contributed by atoms with Crippen LogP contribution < -0.4 is 5.32 Å². The monoisotopic (exact) mass is 329 g/mol. The van der Waals surface area contributed by atoms with E-state index in [1.165, 1.54) is 0 Å². The van der Waals surface area contributed by atoms with Crippen LogP contribution in [0.15, 0.2) is 18.2 Å². The summed E-state index contributed by atoms with van der Waals surface area (Å²) in [4.78, 5) is 23.5. The Kier molecular flexibility index (Phi) is 5.69. The number of rotatable bonds is 5. The molecule has 1 aromatic rings. The summed E-state index contributed by atoms with van der Waals surface area (Å²) in [6.45, 7) is 6.21. The Morgan fingerprint density at radius 1 is 1.17 bits per heavy atom. The molecule has 0 fully saturated rings. The van der Waals surface area contributed by atoms with Crippen LogP contribution in [0.2, 0.25) is 0 Å². The fourth-order valence-corrected chi connectivity index (χ4v) is 2.15. The van der Waals surface area contributed by atoms with Crippen molar-refractivity contribution in [3.63, 3.8) is 0 Å². The number of carbonyl (C=O) groups excluding carboxylic acids is 1. The Hall–Kier alpha value is -2.18. The van der Waals surface area contributed by atoms with Gasteiger partial charge >= 0.3 is 12.1 Å². The molecule has 23 heavy (non-hydrogen) atoms. The molecule has 0 aliphatic carbocycles. The molecule has 128 valence electrons. The highest BCUT2D eigenvalue weighted by Crippen LogP contribution is 2.29. The third-order valence-corrected chi connectivity index (χ3v) is 3.36. The minimum absolute atomic E-state index is 0.0288. The lowest BCUT2D eigenvalue weighted by atomic mass is 9.78. The molecule has 0 saturated heterocycles. The van der Waals surface area contributed by atoms with Crippen LogP contribution >= 0.6 is 0 Å². The van der Waals surface area contributed by atoms with Crippen LogP contribution in [0.3, 0.4) is 0 Å². The molecule has 0 saturated carbocycles. The van der Waals surface area contributed by atoms with Crippen molar-refractivity contribution in [2.75, 3.05) is 6.54 Å². The average Bonchev–Trinajstić information content (AvgIpc) is 2.36. The Morgan fingerprint density at radius 3 is 2.09 bits per heavy atom. The van der Waals surface area contributed by atoms with E-state index in [1.807, 2.05) is 0 Å². The smallest absolute Gasteiger partial charge is 0.407 e. The maximum atomic E-state index is 13.4. The highest BCUT2D eigenvalue weighted by atomic mass is 19.1. The normalized spacial score (nSPS) is 14.0. The Morgan fingerprint density at radius 2 is 1.70 bits per heavy atom. The number of nitrogens with one attached hydrogen (secondary N) is 1. The van der Waals surface area contributed by atoms with Crippen molar-refractivity contribution in [1.82, 2.24) is 5.32 Å². The zero-order valence-electron chi connectivity index (χ0n) is 13.6. The number of carbonyl (C=O) groups is 2. The van der Waals surface area contributed by atoms with Crippen LogP contribution in [0.25, 0.3) is 0 Å². The summed E-state index contributed by atoms with van der Waals surface area (Å²) in [7, 11) is 0. The van der Waals surface area contributed by atoms with Gasteiger partial charge in [0.2, 0.25) is 0 Å². The zero-order valence-corrected chi connectivity index (χ0v) is 13.6. The van der Waals surface area contributed by atoms with Crippen molar-refractivity contribution in [1.29, 1.82) is 0 Å². The molecule has 5 nitrogen and oxygen atoms in total. The first-order chi connectivity index (χ1) is 10.5. The van der Waals surface area contributed by atoms with E-state index >= 15 is 0 Å². The number of ether oxygens (including phenoxy) is 1. The summed E-state index contributed by atoms with van der Waals surface area (Å²) in [6, 6.07) is 2.57. The minimum Gasteiger partial charge on any atom is -0.481 e. The van der Waals surface area contributed by atoms with Gasteiger partial charge < -0.3 is 15.2 Å². The molecular formula is C16H21F2NO4. The molecule has 0 spiro atoms. The van der Waals surface area contributed by atoms with E-state index in [0.29, 0.717) is 6.07 Å². The van der Waals surface area contributed by atoms with Crippen LogP contribution in [0.5, 0.6) is 0 Å². The fourth-order valence-electron chi connectivity index (χ4n) is 2.15. The maximum absolute atomic E-state index is 13.4. The second kappa shape index (κ2) is 6.93. The highest BCUT2D eigenvalue weighted by molar-refractivity contribution is 5.82. The summed E-state index contributed by atoms with van der Waals surface area (Å²) in [6.07, 6.45) is -0.769. The summed E-state index contributed by atoms with van der Waals surface area (Å²) < 4.78 is 31.9. The number of amides is 1. The third kappa shape index (κ3) is 4.91. The van der Waals surface area contributed by atoms with E-state index in [-0.39, 0.29) is 18.5 Å². The first-order valence-corrected chi connectivity index (χ1v) is 7.17. The van der Waals surface area contributed by atoms with Crippen molar-refractivity contribution in [2.45, 2.75) is 45.1 Å². The highest BCUT2D eigenvalue weighted by Gasteiger charge is 2.40. The molecule has 1 amide bonds. The number of hydrogen-bond donors (Lipinski definition) is 2. The number of aliphatic carboxylic acids is 1. The van der Waals surface area contributed by atoms with E-state index in [0.717, 1.165) is 12.1 Å². The van der Waals surface area contributed by atoms with Crippen molar-refractivity contribution < 1.29 is 28.2 Å². The molecule has 1 atom stereocenters. The van der Waals surface area contributed by atoms with E-state index < -0.39 is 34.7 Å². The van der Waals surface area contributed by atoms with Gasteiger partial charge in [0.25, 0.3) is 0 Å². The number of benzene rings is 1. The second-order valence-electron chi connectivity index (χ2n) is 6.25. The maximum Gasteiger partial charge on any atom is 0.407 e. The fraction of sp³-hybridized carbons (Fsp3) is 0.500. The molecule has 2 N–H and O–H groups in total. The summed E-state index contributed by atoms with van der Waals surface area (Å²) in [5, 5.41) is 11.9. The minimum atomic E-state index is -1.65. The van der Waals surface area contributed by atoms with Gasteiger partial charge in [0.1, 0.15) is 22.7 Å². The Labute approximate surface area is 133 Å². The van der Waals surface area contributed by atoms with Gasteiger partial charge in [-0.3, -0.25) is 4.79 Å². The lowest BCUT2D eigenvalue weighted by molar-refractivity contribution is -0.143. The van der Waals surface area contributed by atoms with Crippen molar-refractivity contribution >= 4 is 12.1 Å². The molecular weight excluding hydrogens is 308 g/mol. The quantitative estimate of drug-likeness (QED) is 0.870. The number of halogens is 2. The first kappa shape index (κ1) is 18.9. The second-order valence-corrected chi connectivity index (χ2v) is 6.25. The van der Waals surface area contributed by atoms with Crippen LogP contribution in [0, 0.1) is 11.6 Å². The first-order valence-electron chi connectivity index (χ1n) is 7.17. The van der Waals surface area contributed by atoms with Gasteiger partial charge in [0.15, 0.2) is 0 Å². The molecule has 0 heterocycles. The van der Waals surface area contributed by atoms with E-state index in [2.05, 4.69) is 5.32 Å². The van der Waals surface area contributed by atoms with Crippen molar-refractivity contribution in [3.8, 4) is 0 Å². The topological polar surface area (TPSA) is 75.6 Å². The van der Waals surface area contributed by atoms with Crippen molar-refractivity contribution in [3.05, 3.63) is 35.4 Å². The zero-order chi connectivity index (χ0) is 17.8. The molecule has 1 rings (SSSR count). The molecule has 1 aromatic carbocycles. The molecule has 7 heteroatoms. The standard InChI is InChI=1S/C16H21F2NO4/c1-5-16(13(20)21,9-19-14(22)23-15(2,3)4)10-6-11(17)8-12(18)7-10/h6-8H,5,9H2,1-4H3,(H,19,22)(H,20,21). The third-order valence-electron chi connectivity index (χ3n) is 3.36. The van der Waals surface area contributed by atoms with Gasteiger partial charge in [0, 0.05) is 12.6 Å². The molecule has 1 unspecified atom stereocenters. The summed E-state index contributed by atoms with van der Waals surface area (Å²) in [5.74, 6) is -3.05. The van der Waals surface area contributed by atoms with E-state index in [1.54, 1.807) is 27.7 Å². The largest absolute Gasteiger partial charge is 0.481 e. The van der Waals surface area contributed by atoms with Gasteiger partial charge in [0.05, 0.1) is 0 Å². The molecule has 0 bridgehead atoms. The molecule has 0 aromatic heterocycles. The molecule has 0 radical (unpaired) electrons. The van der Waals surface area contributed by atoms with Crippen LogP contribution in [0.4, 0.5) is 13.6 Å². The van der Waals surface area contributed by atoms with Gasteiger partial charge in [-0.25, -0.2) is 13.6 Å². The number of carboxylic acid groups (broad SMARTS) is 1. The average molecular weight is 329 g/mol. The summed E-state index contributed by atoms with van der Waals surface area (Å²) in [5.41, 5.74) is -2.45. The van der Waals surface area contributed by atoms with Crippen molar-refractivity contribution in [2.24, 2.45) is 0 Å². The predicted molar refractivity (Wildman–Crippen MR) is 80.2 cm³/mol. The van der Waals surface area contributed by atoms with E-state index in [9.17, 15) is 23.5 Å². The SMILES string of the molecule is CCC(CNC(=O)OC(C)(C)C)(C(=O)O)c1cc(F)cc(F)c1. The van der Waals surface area contributed by atoms with Gasteiger partial charge in [-0.2, -0.15) is 0 Å². The van der Waals surface area contributed by atoms with Gasteiger partial charge in [-0.05, 0) is 44.9 Å². The van der Waals surface area contributed by atoms with Crippen LogP contribution in [-0.4, -0.2) is 29.3 Å². The Balaban J connectivity index is 3.09. The van der Waals surface area contributed by atoms with E-state index in [4.69, 9.17) is 4.74 Å². The number of alkyl carbamates (subject to hydrolysis) is 1. The van der Waals surface area contributed by atoms with Crippen LogP contribution in [0.1, 0.15) is 39.7 Å².